The van der Waals surface area contributed by atoms with Crippen LogP contribution >= 0.6 is 0 Å². The predicted octanol–water partition coefficient (Wildman–Crippen LogP) is -0.342. The summed E-state index contributed by atoms with van der Waals surface area (Å²) in [6.07, 6.45) is 1.36. The molecule has 5 aliphatic rings. The monoisotopic (exact) mass is 250 g/mol. The van der Waals surface area contributed by atoms with Crippen LogP contribution in [0.4, 0.5) is 0 Å². The minimum absolute atomic E-state index is 0.275. The van der Waals surface area contributed by atoms with E-state index in [4.69, 9.17) is 0 Å². The van der Waals surface area contributed by atoms with E-state index in [0.29, 0.717) is 12.8 Å². The van der Waals surface area contributed by atoms with Crippen LogP contribution in [0.25, 0.3) is 0 Å². The Balaban J connectivity index is 1.84. The van der Waals surface area contributed by atoms with Crippen molar-refractivity contribution in [1.82, 2.24) is 0 Å². The lowest BCUT2D eigenvalue weighted by molar-refractivity contribution is -0.154. The highest BCUT2D eigenvalue weighted by Gasteiger charge is 2.69. The van der Waals surface area contributed by atoms with E-state index in [-0.39, 0.29) is 11.8 Å². The van der Waals surface area contributed by atoms with Crippen LogP contribution in [0.1, 0.15) is 12.8 Å². The number of carbonyl (C=O) groups excluding carboxylic acids is 4. The Morgan fingerprint density at radius 2 is 0.889 bits per heavy atom. The van der Waals surface area contributed by atoms with Gasteiger partial charge in [0.15, 0.2) is 0 Å². The summed E-state index contributed by atoms with van der Waals surface area (Å²) in [4.78, 5) is 46.8. The van der Waals surface area contributed by atoms with Gasteiger partial charge in [0.25, 0.3) is 0 Å². The molecule has 0 aromatic heterocycles. The van der Waals surface area contributed by atoms with Crippen LogP contribution in [0.2, 0.25) is 0 Å². The topological polar surface area (TPSA) is 86.7 Å². The van der Waals surface area contributed by atoms with E-state index >= 15 is 0 Å². The molecule has 2 aliphatic heterocycles. The Bertz CT molecular complexity index is 423. The molecule has 2 heterocycles. The summed E-state index contributed by atoms with van der Waals surface area (Å²) in [6.45, 7) is 0. The first-order chi connectivity index (χ1) is 8.59. The molecule has 0 aromatic carbocycles. The molecule has 94 valence electrons. The van der Waals surface area contributed by atoms with Crippen LogP contribution < -0.4 is 0 Å². The number of carbonyl (C=O) groups is 4. The molecule has 4 unspecified atom stereocenters. The van der Waals surface area contributed by atoms with Gasteiger partial charge in [-0.25, -0.2) is 0 Å². The third kappa shape index (κ3) is 0.958. The maximum atomic E-state index is 11.7. The van der Waals surface area contributed by atoms with Gasteiger partial charge in [0.05, 0.1) is 23.7 Å². The van der Waals surface area contributed by atoms with E-state index < -0.39 is 47.5 Å². The largest absolute Gasteiger partial charge is 0.393 e. The molecule has 6 heteroatoms. The SMILES string of the molecule is O=C1OC(=O)C2C3CCC(C12)C1C(=O)OC(=O)C31. The van der Waals surface area contributed by atoms with Crippen molar-refractivity contribution >= 4 is 23.9 Å². The van der Waals surface area contributed by atoms with Crippen molar-refractivity contribution in [1.29, 1.82) is 0 Å². The van der Waals surface area contributed by atoms with Crippen LogP contribution in [0.3, 0.4) is 0 Å². The van der Waals surface area contributed by atoms with Crippen LogP contribution in [0.15, 0.2) is 0 Å². The highest BCUT2D eigenvalue weighted by atomic mass is 16.6. The lowest BCUT2D eigenvalue weighted by Gasteiger charge is -2.46. The summed E-state index contributed by atoms with van der Waals surface area (Å²) >= 11 is 0. The molecular formula is C12H10O6. The minimum Gasteiger partial charge on any atom is -0.393 e. The Labute approximate surface area is 102 Å². The van der Waals surface area contributed by atoms with Crippen molar-refractivity contribution in [3.05, 3.63) is 0 Å². The molecule has 2 saturated heterocycles. The molecule has 0 amide bonds. The van der Waals surface area contributed by atoms with Gasteiger partial charge in [0.1, 0.15) is 0 Å². The summed E-state index contributed by atoms with van der Waals surface area (Å²) in [6, 6.07) is 0. The van der Waals surface area contributed by atoms with Crippen LogP contribution in [-0.2, 0) is 28.7 Å². The van der Waals surface area contributed by atoms with Crippen molar-refractivity contribution in [3.8, 4) is 0 Å². The van der Waals surface area contributed by atoms with Crippen molar-refractivity contribution in [3.63, 3.8) is 0 Å². The number of ether oxygens (including phenoxy) is 2. The normalized spacial score (nSPS) is 48.9. The quantitative estimate of drug-likeness (QED) is 0.431. The van der Waals surface area contributed by atoms with Gasteiger partial charge < -0.3 is 9.47 Å². The minimum atomic E-state index is -0.545. The highest BCUT2D eigenvalue weighted by molar-refractivity contribution is 6.02. The van der Waals surface area contributed by atoms with Crippen molar-refractivity contribution in [2.45, 2.75) is 12.8 Å². The molecule has 0 radical (unpaired) electrons. The Morgan fingerprint density at radius 1 is 0.611 bits per heavy atom. The lowest BCUT2D eigenvalue weighted by Crippen LogP contribution is -2.53. The molecule has 2 bridgehead atoms. The van der Waals surface area contributed by atoms with Crippen molar-refractivity contribution in [2.24, 2.45) is 35.5 Å². The van der Waals surface area contributed by atoms with Crippen molar-refractivity contribution in [2.75, 3.05) is 0 Å². The van der Waals surface area contributed by atoms with E-state index in [0.717, 1.165) is 0 Å². The summed E-state index contributed by atoms with van der Waals surface area (Å²) in [7, 11) is 0. The Hall–Kier alpha value is -1.72. The third-order valence-corrected chi connectivity index (χ3v) is 4.94. The third-order valence-electron chi connectivity index (χ3n) is 4.94. The van der Waals surface area contributed by atoms with Gasteiger partial charge >= 0.3 is 23.9 Å². The Morgan fingerprint density at radius 3 is 1.17 bits per heavy atom. The maximum Gasteiger partial charge on any atom is 0.317 e. The predicted molar refractivity (Wildman–Crippen MR) is 52.4 cm³/mol. The molecular weight excluding hydrogens is 240 g/mol. The van der Waals surface area contributed by atoms with Gasteiger partial charge in [-0.3, -0.25) is 19.2 Å². The summed E-state index contributed by atoms with van der Waals surface area (Å²) in [5.74, 6) is -4.88. The molecule has 0 spiro atoms. The number of fused-ring (bicyclic) bond motifs is 1. The summed E-state index contributed by atoms with van der Waals surface area (Å²) in [5, 5.41) is 0. The molecule has 5 fully saturated rings. The van der Waals surface area contributed by atoms with E-state index in [2.05, 4.69) is 9.47 Å². The van der Waals surface area contributed by atoms with Gasteiger partial charge in [0.2, 0.25) is 0 Å². The van der Waals surface area contributed by atoms with E-state index in [1.165, 1.54) is 0 Å². The van der Waals surface area contributed by atoms with Crippen LogP contribution in [-0.4, -0.2) is 23.9 Å². The second kappa shape index (κ2) is 2.99. The molecule has 6 nitrogen and oxygen atoms in total. The van der Waals surface area contributed by atoms with Crippen LogP contribution in [0.5, 0.6) is 0 Å². The number of hydrogen-bond donors (Lipinski definition) is 0. The zero-order chi connectivity index (χ0) is 12.6. The number of cyclic esters (lactones) is 4. The number of rotatable bonds is 0. The lowest BCUT2D eigenvalue weighted by atomic mass is 9.51. The van der Waals surface area contributed by atoms with E-state index in [1.807, 2.05) is 0 Å². The Kier molecular flexibility index (Phi) is 1.70. The molecule has 5 rings (SSSR count). The fourth-order valence-corrected chi connectivity index (χ4v) is 4.37. The van der Waals surface area contributed by atoms with E-state index in [1.54, 1.807) is 0 Å². The fraction of sp³-hybridized carbons (Fsp3) is 0.667. The fourth-order valence-electron chi connectivity index (χ4n) is 4.37. The van der Waals surface area contributed by atoms with Gasteiger partial charge in [-0.15, -0.1) is 0 Å². The first-order valence-electron chi connectivity index (χ1n) is 6.10. The van der Waals surface area contributed by atoms with Gasteiger partial charge in [0, 0.05) is 0 Å². The average Bonchev–Trinajstić information content (AvgIpc) is 2.81. The second-order valence-electron chi connectivity index (χ2n) is 5.49. The van der Waals surface area contributed by atoms with Gasteiger partial charge in [-0.05, 0) is 24.7 Å². The van der Waals surface area contributed by atoms with Crippen molar-refractivity contribution < 1.29 is 28.7 Å². The smallest absolute Gasteiger partial charge is 0.317 e. The maximum absolute atomic E-state index is 11.7. The molecule has 4 atom stereocenters. The first kappa shape index (κ1) is 10.2. The number of esters is 4. The van der Waals surface area contributed by atoms with E-state index in [9.17, 15) is 19.2 Å². The first-order valence-corrected chi connectivity index (χ1v) is 6.10. The number of hydrogen-bond acceptors (Lipinski definition) is 6. The zero-order valence-electron chi connectivity index (χ0n) is 9.33. The second-order valence-corrected chi connectivity index (χ2v) is 5.49. The average molecular weight is 250 g/mol. The summed E-state index contributed by atoms with van der Waals surface area (Å²) < 4.78 is 9.37. The van der Waals surface area contributed by atoms with Crippen LogP contribution in [0, 0.1) is 35.5 Å². The zero-order valence-corrected chi connectivity index (χ0v) is 9.33. The molecule has 18 heavy (non-hydrogen) atoms. The summed E-state index contributed by atoms with van der Waals surface area (Å²) in [5.41, 5.74) is 0. The molecule has 3 aliphatic carbocycles. The molecule has 0 aromatic rings. The molecule has 0 N–H and O–H groups in total. The van der Waals surface area contributed by atoms with Gasteiger partial charge in [-0.1, -0.05) is 0 Å². The molecule has 3 saturated carbocycles. The van der Waals surface area contributed by atoms with Gasteiger partial charge in [-0.2, -0.15) is 0 Å². The standard InChI is InChI=1S/C12H10O6/c13-9-5-3-1-2-4(7(5)11(15)17-9)8-6(3)10(14)18-12(8)16/h3-8H,1-2H2. The highest BCUT2D eigenvalue weighted by Crippen LogP contribution is 2.59.